The van der Waals surface area contributed by atoms with Crippen molar-refractivity contribution in [3.63, 3.8) is 0 Å². The fraction of sp³-hybridized carbons (Fsp3) is 0.571. The third-order valence-corrected chi connectivity index (χ3v) is 3.62. The molecule has 0 radical (unpaired) electrons. The Balaban J connectivity index is 2.10. The molecule has 1 aliphatic heterocycles. The van der Waals surface area contributed by atoms with Crippen LogP contribution in [0.4, 0.5) is 0 Å². The van der Waals surface area contributed by atoms with Crippen molar-refractivity contribution in [3.8, 4) is 0 Å². The number of hydrogen-bond donors (Lipinski definition) is 2. The molecule has 88 valence electrons. The van der Waals surface area contributed by atoms with Gasteiger partial charge in [-0.2, -0.15) is 0 Å². The topological polar surface area (TPSA) is 32.3 Å². The molecular formula is C14H21NO. The van der Waals surface area contributed by atoms with Crippen molar-refractivity contribution < 1.29 is 5.11 Å². The van der Waals surface area contributed by atoms with Gasteiger partial charge in [0.25, 0.3) is 0 Å². The van der Waals surface area contributed by atoms with E-state index >= 15 is 0 Å². The van der Waals surface area contributed by atoms with E-state index in [9.17, 15) is 5.11 Å². The molecule has 2 rings (SSSR count). The van der Waals surface area contributed by atoms with Gasteiger partial charge in [-0.25, -0.2) is 0 Å². The minimum absolute atomic E-state index is 0.320. The van der Waals surface area contributed by atoms with Gasteiger partial charge in [0.05, 0.1) is 6.10 Å². The molecular weight excluding hydrogens is 198 g/mol. The Hall–Kier alpha value is -0.860. The zero-order valence-corrected chi connectivity index (χ0v) is 9.89. The average molecular weight is 219 g/mol. The lowest BCUT2D eigenvalue weighted by atomic mass is 9.82. The molecule has 1 heterocycles. The zero-order chi connectivity index (χ0) is 11.4. The zero-order valence-electron chi connectivity index (χ0n) is 9.89. The van der Waals surface area contributed by atoms with Gasteiger partial charge < -0.3 is 10.4 Å². The predicted molar refractivity (Wildman–Crippen MR) is 66.2 cm³/mol. The molecule has 0 saturated carbocycles. The molecule has 1 saturated heterocycles. The number of hydrogen-bond acceptors (Lipinski definition) is 2. The lowest BCUT2D eigenvalue weighted by molar-refractivity contribution is 0.0638. The van der Waals surface area contributed by atoms with E-state index in [0.717, 1.165) is 24.9 Å². The maximum Gasteiger partial charge on any atom is 0.0833 e. The third kappa shape index (κ3) is 2.45. The van der Waals surface area contributed by atoms with Gasteiger partial charge in [-0.05, 0) is 31.4 Å². The van der Waals surface area contributed by atoms with Crippen LogP contribution in [-0.2, 0) is 0 Å². The molecule has 0 aromatic heterocycles. The normalized spacial score (nSPS) is 27.6. The minimum atomic E-state index is -0.320. The Morgan fingerprint density at radius 1 is 1.38 bits per heavy atom. The molecule has 2 N–H and O–H groups in total. The first kappa shape index (κ1) is 11.6. The van der Waals surface area contributed by atoms with Crippen LogP contribution in [0.15, 0.2) is 30.3 Å². The van der Waals surface area contributed by atoms with Crippen molar-refractivity contribution in [1.82, 2.24) is 5.32 Å². The number of aliphatic hydroxyl groups excluding tert-OH is 1. The van der Waals surface area contributed by atoms with Gasteiger partial charge in [-0.15, -0.1) is 0 Å². The van der Waals surface area contributed by atoms with Gasteiger partial charge in [-0.3, -0.25) is 0 Å². The summed E-state index contributed by atoms with van der Waals surface area (Å²) in [6, 6.07) is 10.5. The number of rotatable bonds is 3. The second-order valence-electron chi connectivity index (χ2n) is 4.63. The van der Waals surface area contributed by atoms with E-state index < -0.39 is 0 Å². The standard InChI is InChI=1S/C14H21NO/c1-2-13-12(9-6-10-15-13)14(16)11-7-4-3-5-8-11/h3-5,7-8,12-16H,2,6,9-10H2,1H3/t12-,13+,14-/m0/s1. The molecule has 0 aliphatic carbocycles. The average Bonchev–Trinajstić information content (AvgIpc) is 2.39. The molecule has 1 aliphatic rings. The van der Waals surface area contributed by atoms with Crippen LogP contribution >= 0.6 is 0 Å². The Morgan fingerprint density at radius 3 is 2.81 bits per heavy atom. The van der Waals surface area contributed by atoms with E-state index in [1.807, 2.05) is 30.3 Å². The summed E-state index contributed by atoms with van der Waals surface area (Å²) in [5.41, 5.74) is 1.05. The second kappa shape index (κ2) is 5.46. The summed E-state index contributed by atoms with van der Waals surface area (Å²) in [6.07, 6.45) is 3.07. The van der Waals surface area contributed by atoms with Gasteiger partial charge in [-0.1, -0.05) is 37.3 Å². The van der Waals surface area contributed by atoms with Gasteiger partial charge in [0.15, 0.2) is 0 Å². The van der Waals surface area contributed by atoms with E-state index in [-0.39, 0.29) is 6.10 Å². The van der Waals surface area contributed by atoms with Gasteiger partial charge in [0.1, 0.15) is 0 Å². The molecule has 3 atom stereocenters. The molecule has 0 amide bonds. The SMILES string of the molecule is CC[C@H]1NCCC[C@@H]1[C@@H](O)c1ccccc1. The number of aliphatic hydroxyl groups is 1. The first-order valence-corrected chi connectivity index (χ1v) is 6.29. The minimum Gasteiger partial charge on any atom is -0.388 e. The fourth-order valence-corrected chi connectivity index (χ4v) is 2.70. The second-order valence-corrected chi connectivity index (χ2v) is 4.63. The summed E-state index contributed by atoms with van der Waals surface area (Å²) < 4.78 is 0. The first-order chi connectivity index (χ1) is 7.83. The van der Waals surface area contributed by atoms with Crippen molar-refractivity contribution in [1.29, 1.82) is 0 Å². The fourth-order valence-electron chi connectivity index (χ4n) is 2.70. The highest BCUT2D eigenvalue weighted by molar-refractivity contribution is 5.18. The molecule has 1 aromatic carbocycles. The first-order valence-electron chi connectivity index (χ1n) is 6.29. The molecule has 1 fully saturated rings. The Bertz CT molecular complexity index is 312. The summed E-state index contributed by atoms with van der Waals surface area (Å²) in [4.78, 5) is 0. The number of nitrogens with one attached hydrogen (secondary N) is 1. The van der Waals surface area contributed by atoms with E-state index in [1.165, 1.54) is 6.42 Å². The maximum absolute atomic E-state index is 10.4. The highest BCUT2D eigenvalue weighted by Crippen LogP contribution is 2.31. The van der Waals surface area contributed by atoms with Crippen LogP contribution in [0, 0.1) is 5.92 Å². The molecule has 2 nitrogen and oxygen atoms in total. The van der Waals surface area contributed by atoms with Crippen molar-refractivity contribution >= 4 is 0 Å². The molecule has 16 heavy (non-hydrogen) atoms. The lowest BCUT2D eigenvalue weighted by Crippen LogP contribution is -2.43. The van der Waals surface area contributed by atoms with E-state index in [2.05, 4.69) is 12.2 Å². The summed E-state index contributed by atoms with van der Waals surface area (Å²) in [5, 5.41) is 13.9. The Kier molecular flexibility index (Phi) is 3.97. The van der Waals surface area contributed by atoms with Crippen molar-refractivity contribution in [3.05, 3.63) is 35.9 Å². The van der Waals surface area contributed by atoms with E-state index in [4.69, 9.17) is 0 Å². The monoisotopic (exact) mass is 219 g/mol. The quantitative estimate of drug-likeness (QED) is 0.818. The summed E-state index contributed by atoms with van der Waals surface area (Å²) in [6.45, 7) is 3.28. The van der Waals surface area contributed by atoms with Gasteiger partial charge in [0.2, 0.25) is 0 Å². The van der Waals surface area contributed by atoms with Crippen LogP contribution in [-0.4, -0.2) is 17.7 Å². The summed E-state index contributed by atoms with van der Waals surface area (Å²) in [7, 11) is 0. The molecule has 2 heteroatoms. The van der Waals surface area contributed by atoms with Crippen molar-refractivity contribution in [2.24, 2.45) is 5.92 Å². The van der Waals surface area contributed by atoms with Crippen molar-refractivity contribution in [2.45, 2.75) is 38.3 Å². The lowest BCUT2D eigenvalue weighted by Gasteiger charge is -2.35. The highest BCUT2D eigenvalue weighted by Gasteiger charge is 2.30. The highest BCUT2D eigenvalue weighted by atomic mass is 16.3. The van der Waals surface area contributed by atoms with Crippen LogP contribution in [0.25, 0.3) is 0 Å². The van der Waals surface area contributed by atoms with Crippen LogP contribution in [0.2, 0.25) is 0 Å². The summed E-state index contributed by atoms with van der Waals surface area (Å²) >= 11 is 0. The Labute approximate surface area is 97.7 Å². The summed E-state index contributed by atoms with van der Waals surface area (Å²) in [5.74, 6) is 0.362. The molecule has 1 aromatic rings. The number of piperidine rings is 1. The molecule has 0 spiro atoms. The van der Waals surface area contributed by atoms with E-state index in [0.29, 0.717) is 12.0 Å². The van der Waals surface area contributed by atoms with Crippen LogP contribution in [0.5, 0.6) is 0 Å². The van der Waals surface area contributed by atoms with E-state index in [1.54, 1.807) is 0 Å². The van der Waals surface area contributed by atoms with Crippen LogP contribution in [0.3, 0.4) is 0 Å². The largest absolute Gasteiger partial charge is 0.388 e. The van der Waals surface area contributed by atoms with Crippen molar-refractivity contribution in [2.75, 3.05) is 6.54 Å². The third-order valence-electron chi connectivity index (χ3n) is 3.62. The molecule has 0 bridgehead atoms. The maximum atomic E-state index is 10.4. The molecule has 0 unspecified atom stereocenters. The van der Waals surface area contributed by atoms with Crippen LogP contribution < -0.4 is 5.32 Å². The van der Waals surface area contributed by atoms with Gasteiger partial charge in [0, 0.05) is 12.0 Å². The Morgan fingerprint density at radius 2 is 2.12 bits per heavy atom. The smallest absolute Gasteiger partial charge is 0.0833 e. The van der Waals surface area contributed by atoms with Crippen LogP contribution in [0.1, 0.15) is 37.9 Å². The number of benzene rings is 1. The predicted octanol–water partition coefficient (Wildman–Crippen LogP) is 2.50. The van der Waals surface area contributed by atoms with Gasteiger partial charge >= 0.3 is 0 Å².